The topological polar surface area (TPSA) is 68.5 Å². The Labute approximate surface area is 160 Å². The summed E-state index contributed by atoms with van der Waals surface area (Å²) >= 11 is 7.36. The molecule has 0 aliphatic carbocycles. The molecule has 1 amide bonds. The van der Waals surface area contributed by atoms with Gasteiger partial charge in [0.25, 0.3) is 0 Å². The van der Waals surface area contributed by atoms with Gasteiger partial charge >= 0.3 is 0 Å². The number of rotatable bonds is 8. The Morgan fingerprint density at radius 1 is 1.31 bits per heavy atom. The van der Waals surface area contributed by atoms with Gasteiger partial charge in [-0.1, -0.05) is 22.8 Å². The molecule has 26 heavy (non-hydrogen) atoms. The SMILES string of the molecule is CN(Cc1nc(-c2cccs2)no1)C(=O)CCCOc1ccc(Cl)cc1. The lowest BCUT2D eigenvalue weighted by molar-refractivity contribution is -0.131. The molecule has 0 bridgehead atoms. The Balaban J connectivity index is 1.41. The van der Waals surface area contributed by atoms with Crippen molar-refractivity contribution in [2.24, 2.45) is 0 Å². The Kier molecular flexibility index (Phi) is 6.25. The zero-order chi connectivity index (χ0) is 18.4. The molecule has 0 atom stereocenters. The third kappa shape index (κ3) is 5.06. The van der Waals surface area contributed by atoms with Crippen molar-refractivity contribution in [1.82, 2.24) is 15.0 Å². The van der Waals surface area contributed by atoms with Crippen LogP contribution < -0.4 is 4.74 Å². The summed E-state index contributed by atoms with van der Waals surface area (Å²) in [6.45, 7) is 0.750. The molecule has 0 fully saturated rings. The van der Waals surface area contributed by atoms with Gasteiger partial charge in [-0.15, -0.1) is 11.3 Å². The second kappa shape index (κ2) is 8.82. The van der Waals surface area contributed by atoms with Crippen LogP contribution in [0.5, 0.6) is 5.75 Å². The standard InChI is InChI=1S/C18H18ClN3O3S/c1-22(12-16-20-18(21-25-16)15-4-3-11-26-15)17(23)5-2-10-24-14-8-6-13(19)7-9-14/h3-4,6-9,11H,2,5,10,12H2,1H3. The van der Waals surface area contributed by atoms with Gasteiger partial charge in [0.1, 0.15) is 5.75 Å². The van der Waals surface area contributed by atoms with Crippen LogP contribution >= 0.6 is 22.9 Å². The highest BCUT2D eigenvalue weighted by molar-refractivity contribution is 7.13. The number of hydrogen-bond acceptors (Lipinski definition) is 6. The summed E-state index contributed by atoms with van der Waals surface area (Å²) < 4.78 is 10.8. The van der Waals surface area contributed by atoms with Crippen LogP contribution in [0.15, 0.2) is 46.3 Å². The Bertz CT molecular complexity index is 834. The van der Waals surface area contributed by atoms with Crippen molar-refractivity contribution in [2.75, 3.05) is 13.7 Å². The van der Waals surface area contributed by atoms with Crippen LogP contribution in [0.1, 0.15) is 18.7 Å². The fourth-order valence-corrected chi connectivity index (χ4v) is 3.03. The molecule has 0 aliphatic rings. The molecule has 0 aliphatic heterocycles. The van der Waals surface area contributed by atoms with Gasteiger partial charge < -0.3 is 14.2 Å². The first-order valence-corrected chi connectivity index (χ1v) is 9.36. The minimum absolute atomic E-state index is 0.000537. The highest BCUT2D eigenvalue weighted by Gasteiger charge is 2.15. The lowest BCUT2D eigenvalue weighted by atomic mass is 10.3. The quantitative estimate of drug-likeness (QED) is 0.536. The molecule has 0 spiro atoms. The smallest absolute Gasteiger partial charge is 0.246 e. The Hall–Kier alpha value is -2.38. The first kappa shape index (κ1) is 18.4. The number of amides is 1. The van der Waals surface area contributed by atoms with E-state index in [4.69, 9.17) is 20.9 Å². The molecular weight excluding hydrogens is 374 g/mol. The summed E-state index contributed by atoms with van der Waals surface area (Å²) in [5.74, 6) is 1.71. The van der Waals surface area contributed by atoms with Crippen molar-refractivity contribution in [2.45, 2.75) is 19.4 Å². The number of halogens is 1. The Morgan fingerprint density at radius 2 is 2.12 bits per heavy atom. The van der Waals surface area contributed by atoms with Gasteiger partial charge in [-0.25, -0.2) is 0 Å². The van der Waals surface area contributed by atoms with E-state index in [2.05, 4.69) is 10.1 Å². The van der Waals surface area contributed by atoms with Crippen LogP contribution in [0, 0.1) is 0 Å². The summed E-state index contributed by atoms with van der Waals surface area (Å²) in [6, 6.07) is 11.0. The normalized spacial score (nSPS) is 10.7. The fraction of sp³-hybridized carbons (Fsp3) is 0.278. The summed E-state index contributed by atoms with van der Waals surface area (Å²) in [7, 11) is 1.72. The highest BCUT2D eigenvalue weighted by atomic mass is 35.5. The van der Waals surface area contributed by atoms with E-state index in [1.165, 1.54) is 0 Å². The van der Waals surface area contributed by atoms with Crippen LogP contribution in [0.3, 0.4) is 0 Å². The van der Waals surface area contributed by atoms with Crippen molar-refractivity contribution >= 4 is 28.8 Å². The van der Waals surface area contributed by atoms with Crippen molar-refractivity contribution in [3.63, 3.8) is 0 Å². The first-order chi connectivity index (χ1) is 12.6. The fourth-order valence-electron chi connectivity index (χ4n) is 2.25. The molecule has 3 aromatic rings. The molecule has 1 aromatic carbocycles. The van der Waals surface area contributed by atoms with E-state index < -0.39 is 0 Å². The third-order valence-electron chi connectivity index (χ3n) is 3.63. The van der Waals surface area contributed by atoms with E-state index in [-0.39, 0.29) is 12.5 Å². The van der Waals surface area contributed by atoms with E-state index in [0.717, 1.165) is 10.6 Å². The maximum absolute atomic E-state index is 12.2. The number of ether oxygens (including phenoxy) is 1. The predicted octanol–water partition coefficient (Wildman–Crippen LogP) is 4.27. The molecule has 136 valence electrons. The van der Waals surface area contributed by atoms with Crippen molar-refractivity contribution in [3.05, 3.63) is 52.7 Å². The summed E-state index contributed by atoms with van der Waals surface area (Å²) in [4.78, 5) is 19.0. The van der Waals surface area contributed by atoms with Gasteiger partial charge in [-0.3, -0.25) is 4.79 Å². The van der Waals surface area contributed by atoms with Crippen LogP contribution in [-0.4, -0.2) is 34.6 Å². The van der Waals surface area contributed by atoms with Crippen LogP contribution in [0.25, 0.3) is 10.7 Å². The van der Waals surface area contributed by atoms with E-state index in [1.54, 1.807) is 47.5 Å². The molecule has 8 heteroatoms. The maximum Gasteiger partial charge on any atom is 0.246 e. The van der Waals surface area contributed by atoms with Crippen molar-refractivity contribution in [1.29, 1.82) is 0 Å². The molecular formula is C18H18ClN3O3S. The Morgan fingerprint density at radius 3 is 2.85 bits per heavy atom. The number of nitrogens with zero attached hydrogens (tertiary/aromatic N) is 3. The molecule has 0 saturated carbocycles. The van der Waals surface area contributed by atoms with E-state index in [0.29, 0.717) is 36.2 Å². The van der Waals surface area contributed by atoms with Gasteiger partial charge in [0.05, 0.1) is 18.0 Å². The molecule has 0 unspecified atom stereocenters. The summed E-state index contributed by atoms with van der Waals surface area (Å²) in [5, 5.41) is 6.56. The van der Waals surface area contributed by atoms with Gasteiger partial charge in [0, 0.05) is 18.5 Å². The zero-order valence-corrected chi connectivity index (χ0v) is 15.8. The van der Waals surface area contributed by atoms with E-state index in [9.17, 15) is 4.79 Å². The largest absolute Gasteiger partial charge is 0.494 e. The second-order valence-electron chi connectivity index (χ2n) is 5.64. The summed E-state index contributed by atoms with van der Waals surface area (Å²) in [6.07, 6.45) is 1.01. The molecule has 2 heterocycles. The number of carbonyl (C=O) groups excluding carboxylic acids is 1. The van der Waals surface area contributed by atoms with Gasteiger partial charge in [-0.05, 0) is 42.1 Å². The van der Waals surface area contributed by atoms with E-state index in [1.807, 2.05) is 17.5 Å². The predicted molar refractivity (Wildman–Crippen MR) is 100 cm³/mol. The summed E-state index contributed by atoms with van der Waals surface area (Å²) in [5.41, 5.74) is 0. The van der Waals surface area contributed by atoms with Crippen LogP contribution in [0.4, 0.5) is 0 Å². The minimum atomic E-state index is 0.000537. The number of carbonyl (C=O) groups is 1. The number of benzene rings is 1. The third-order valence-corrected chi connectivity index (χ3v) is 4.74. The lowest BCUT2D eigenvalue weighted by Gasteiger charge is -2.14. The average Bonchev–Trinajstić information content (AvgIpc) is 3.31. The average molecular weight is 392 g/mol. The van der Waals surface area contributed by atoms with E-state index >= 15 is 0 Å². The van der Waals surface area contributed by atoms with Gasteiger partial charge in [0.2, 0.25) is 17.6 Å². The first-order valence-electron chi connectivity index (χ1n) is 8.10. The van der Waals surface area contributed by atoms with Gasteiger partial charge in [0.15, 0.2) is 0 Å². The molecule has 0 radical (unpaired) electrons. The monoisotopic (exact) mass is 391 g/mol. The second-order valence-corrected chi connectivity index (χ2v) is 7.03. The molecule has 0 saturated heterocycles. The maximum atomic E-state index is 12.2. The van der Waals surface area contributed by atoms with Crippen LogP contribution in [0.2, 0.25) is 5.02 Å². The van der Waals surface area contributed by atoms with Crippen molar-refractivity contribution < 1.29 is 14.1 Å². The number of hydrogen-bond donors (Lipinski definition) is 0. The lowest BCUT2D eigenvalue weighted by Crippen LogP contribution is -2.26. The minimum Gasteiger partial charge on any atom is -0.494 e. The molecule has 3 rings (SSSR count). The molecule has 6 nitrogen and oxygen atoms in total. The van der Waals surface area contributed by atoms with Crippen molar-refractivity contribution in [3.8, 4) is 16.5 Å². The number of aromatic nitrogens is 2. The molecule has 0 N–H and O–H groups in total. The number of thiophene rings is 1. The highest BCUT2D eigenvalue weighted by Crippen LogP contribution is 2.21. The molecule has 2 aromatic heterocycles. The van der Waals surface area contributed by atoms with Gasteiger partial charge in [-0.2, -0.15) is 4.98 Å². The zero-order valence-electron chi connectivity index (χ0n) is 14.2. The van der Waals surface area contributed by atoms with Crippen LogP contribution in [-0.2, 0) is 11.3 Å².